The number of guanidine groups is 1. The van der Waals surface area contributed by atoms with Crippen LogP contribution in [0.2, 0.25) is 0 Å². The van der Waals surface area contributed by atoms with Crippen molar-refractivity contribution in [3.05, 3.63) is 0 Å². The molecule has 0 fully saturated rings. The van der Waals surface area contributed by atoms with Crippen LogP contribution >= 0.6 is 0 Å². The van der Waals surface area contributed by atoms with Crippen LogP contribution in [0.15, 0.2) is 5.10 Å². The molecule has 0 aromatic rings. The Balaban J connectivity index is 0. The molecule has 0 aliphatic rings. The maximum atomic E-state index is 8.56. The third-order valence-electron chi connectivity index (χ3n) is 1.26. The molecular formula is C8H18N4O3. The summed E-state index contributed by atoms with van der Waals surface area (Å²) >= 11 is 0. The van der Waals surface area contributed by atoms with E-state index in [0.717, 1.165) is 25.0 Å². The highest BCUT2D eigenvalue weighted by Crippen LogP contribution is 1.95. The van der Waals surface area contributed by atoms with Crippen molar-refractivity contribution in [3.8, 4) is 0 Å². The average molecular weight is 218 g/mol. The van der Waals surface area contributed by atoms with Gasteiger partial charge >= 0.3 is 6.16 Å². The van der Waals surface area contributed by atoms with E-state index in [2.05, 4.69) is 17.5 Å². The number of carbonyl (C=O) groups is 1. The van der Waals surface area contributed by atoms with Gasteiger partial charge < -0.3 is 15.9 Å². The molecule has 0 spiro atoms. The predicted molar refractivity (Wildman–Crippen MR) is 58.3 cm³/mol. The van der Waals surface area contributed by atoms with Crippen LogP contribution in [0.4, 0.5) is 4.79 Å². The van der Waals surface area contributed by atoms with Gasteiger partial charge in [-0.1, -0.05) is 13.3 Å². The monoisotopic (exact) mass is 218 g/mol. The van der Waals surface area contributed by atoms with Crippen LogP contribution in [-0.4, -0.2) is 28.0 Å². The molecule has 0 atom stereocenters. The van der Waals surface area contributed by atoms with Crippen molar-refractivity contribution in [2.45, 2.75) is 33.1 Å². The Hall–Kier alpha value is -1.79. The molecule has 7 heteroatoms. The van der Waals surface area contributed by atoms with Crippen LogP contribution in [0.3, 0.4) is 0 Å². The quantitative estimate of drug-likeness (QED) is 0.275. The zero-order valence-electron chi connectivity index (χ0n) is 8.95. The first kappa shape index (κ1) is 15.7. The second-order valence-corrected chi connectivity index (χ2v) is 2.76. The van der Waals surface area contributed by atoms with Gasteiger partial charge in [0.25, 0.3) is 0 Å². The van der Waals surface area contributed by atoms with E-state index in [0.29, 0.717) is 0 Å². The van der Waals surface area contributed by atoms with Gasteiger partial charge in [0.15, 0.2) is 0 Å². The summed E-state index contributed by atoms with van der Waals surface area (Å²) in [6.45, 7) is 4.05. The number of rotatable bonds is 4. The minimum Gasteiger partial charge on any atom is -0.450 e. The zero-order chi connectivity index (χ0) is 12.3. The second-order valence-electron chi connectivity index (χ2n) is 2.76. The summed E-state index contributed by atoms with van der Waals surface area (Å²) in [6.07, 6.45) is 1.43. The topological polar surface area (TPSA) is 132 Å². The van der Waals surface area contributed by atoms with Gasteiger partial charge in [-0.15, -0.1) is 0 Å². The Morgan fingerprint density at radius 3 is 2.33 bits per heavy atom. The Morgan fingerprint density at radius 1 is 1.53 bits per heavy atom. The van der Waals surface area contributed by atoms with Crippen molar-refractivity contribution < 1.29 is 15.0 Å². The summed E-state index contributed by atoms with van der Waals surface area (Å²) in [4.78, 5) is 8.56. The van der Waals surface area contributed by atoms with Crippen molar-refractivity contribution in [3.63, 3.8) is 0 Å². The number of nitrogens with zero attached hydrogens (tertiary/aromatic N) is 1. The molecule has 88 valence electrons. The molecule has 0 saturated carbocycles. The molecule has 0 rings (SSSR count). The molecule has 0 bridgehead atoms. The van der Waals surface area contributed by atoms with Crippen LogP contribution in [0.5, 0.6) is 0 Å². The van der Waals surface area contributed by atoms with Crippen molar-refractivity contribution in [2.24, 2.45) is 10.8 Å². The molecular weight excluding hydrogens is 200 g/mol. The van der Waals surface area contributed by atoms with E-state index in [1.54, 1.807) is 0 Å². The Labute approximate surface area is 88.5 Å². The van der Waals surface area contributed by atoms with E-state index in [9.17, 15) is 0 Å². The van der Waals surface area contributed by atoms with Crippen LogP contribution in [0, 0.1) is 5.41 Å². The Morgan fingerprint density at radius 2 is 2.00 bits per heavy atom. The Bertz CT molecular complexity index is 224. The summed E-state index contributed by atoms with van der Waals surface area (Å²) in [5.74, 6) is -0.110. The molecule has 0 saturated heterocycles. The normalized spacial score (nSPS) is 9.87. The number of hydrogen-bond acceptors (Lipinski definition) is 3. The molecule has 0 unspecified atom stereocenters. The summed E-state index contributed by atoms with van der Waals surface area (Å²) in [5, 5.41) is 24.6. The molecule has 0 aliphatic heterocycles. The van der Waals surface area contributed by atoms with Gasteiger partial charge in [0.2, 0.25) is 5.96 Å². The zero-order valence-corrected chi connectivity index (χ0v) is 8.95. The first-order chi connectivity index (χ1) is 6.90. The minimum atomic E-state index is -1.83. The molecule has 0 heterocycles. The van der Waals surface area contributed by atoms with Crippen molar-refractivity contribution >= 4 is 17.8 Å². The first-order valence-corrected chi connectivity index (χ1v) is 4.45. The number of nitrogens with one attached hydrogen (secondary N) is 2. The molecule has 6 N–H and O–H groups in total. The van der Waals surface area contributed by atoms with E-state index in [4.69, 9.17) is 26.2 Å². The number of unbranched alkanes of at least 4 members (excludes halogenated alkanes) is 1. The third-order valence-corrected chi connectivity index (χ3v) is 1.26. The van der Waals surface area contributed by atoms with Crippen LogP contribution in [0.1, 0.15) is 33.1 Å². The molecule has 7 nitrogen and oxygen atoms in total. The fourth-order valence-electron chi connectivity index (χ4n) is 0.644. The van der Waals surface area contributed by atoms with Crippen molar-refractivity contribution in [1.82, 2.24) is 5.43 Å². The largest absolute Gasteiger partial charge is 0.503 e. The summed E-state index contributed by atoms with van der Waals surface area (Å²) in [5.41, 5.74) is 8.43. The number of hydrogen-bond donors (Lipinski definition) is 5. The van der Waals surface area contributed by atoms with E-state index in [-0.39, 0.29) is 5.96 Å². The maximum absolute atomic E-state index is 8.56. The highest BCUT2D eigenvalue weighted by molar-refractivity contribution is 5.83. The summed E-state index contributed by atoms with van der Waals surface area (Å²) in [6, 6.07) is 0. The highest BCUT2D eigenvalue weighted by atomic mass is 16.6. The lowest BCUT2D eigenvalue weighted by Gasteiger charge is -1.99. The predicted octanol–water partition coefficient (Wildman–Crippen LogP) is 1.26. The minimum absolute atomic E-state index is 0.110. The molecule has 0 aromatic carbocycles. The van der Waals surface area contributed by atoms with E-state index in [1.165, 1.54) is 0 Å². The molecule has 15 heavy (non-hydrogen) atoms. The summed E-state index contributed by atoms with van der Waals surface area (Å²) < 4.78 is 0. The number of nitrogens with two attached hydrogens (primary N) is 1. The Kier molecular flexibility index (Phi) is 10.8. The van der Waals surface area contributed by atoms with Crippen LogP contribution < -0.4 is 11.2 Å². The van der Waals surface area contributed by atoms with Gasteiger partial charge in [-0.25, -0.2) is 10.2 Å². The van der Waals surface area contributed by atoms with Gasteiger partial charge in [0.05, 0.1) is 0 Å². The van der Waals surface area contributed by atoms with Crippen molar-refractivity contribution in [1.29, 1.82) is 5.41 Å². The lowest BCUT2D eigenvalue weighted by molar-refractivity contribution is 0.137. The van der Waals surface area contributed by atoms with Crippen LogP contribution in [-0.2, 0) is 0 Å². The average Bonchev–Trinajstić information content (AvgIpc) is 2.10. The van der Waals surface area contributed by atoms with Crippen LogP contribution in [0.25, 0.3) is 0 Å². The molecule has 0 aliphatic carbocycles. The molecule has 0 aromatic heterocycles. The second kappa shape index (κ2) is 10.3. The summed E-state index contributed by atoms with van der Waals surface area (Å²) in [7, 11) is 0. The van der Waals surface area contributed by atoms with E-state index in [1.807, 2.05) is 6.92 Å². The number of hydrazone groups is 1. The van der Waals surface area contributed by atoms with E-state index >= 15 is 0 Å². The third kappa shape index (κ3) is 24.5. The fraction of sp³-hybridized carbons (Fsp3) is 0.625. The lowest BCUT2D eigenvalue weighted by Crippen LogP contribution is -2.26. The van der Waals surface area contributed by atoms with Gasteiger partial charge in [-0.2, -0.15) is 5.10 Å². The van der Waals surface area contributed by atoms with Gasteiger partial charge in [0.1, 0.15) is 0 Å². The lowest BCUT2D eigenvalue weighted by atomic mass is 10.2. The smallest absolute Gasteiger partial charge is 0.450 e. The number of carboxylic acid groups (broad SMARTS) is 2. The van der Waals surface area contributed by atoms with Gasteiger partial charge in [0, 0.05) is 5.71 Å². The molecule has 0 amide bonds. The van der Waals surface area contributed by atoms with Gasteiger partial charge in [-0.05, 0) is 19.8 Å². The van der Waals surface area contributed by atoms with Gasteiger partial charge in [-0.3, -0.25) is 5.41 Å². The standard InChI is InChI=1S/C7H16N4.CH2O3/c1-3-4-5-6(2)10-11-7(8)9;2-1(3)4/h3-5H2,1-2H3,(H4,8,9,11);(H2,2,3,4)/b10-6+;. The fourth-order valence-corrected chi connectivity index (χ4v) is 0.644. The van der Waals surface area contributed by atoms with Crippen molar-refractivity contribution in [2.75, 3.05) is 0 Å². The SMILES string of the molecule is CCCC/C(C)=N/NC(=N)N.O=C(O)O. The maximum Gasteiger partial charge on any atom is 0.503 e. The molecule has 0 radical (unpaired) electrons. The highest BCUT2D eigenvalue weighted by Gasteiger charge is 1.90. The van der Waals surface area contributed by atoms with E-state index < -0.39 is 6.16 Å². The first-order valence-electron chi connectivity index (χ1n) is 4.45.